The van der Waals surface area contributed by atoms with E-state index < -0.39 is 24.3 Å². The van der Waals surface area contributed by atoms with Gasteiger partial charge in [0.1, 0.15) is 6.10 Å². The van der Waals surface area contributed by atoms with E-state index in [0.717, 1.165) is 31.2 Å². The number of unbranched alkanes of at least 4 members (excludes halogenated alkanes) is 3. The fraction of sp³-hybridized carbons (Fsp3) is 0.609. The van der Waals surface area contributed by atoms with E-state index in [9.17, 15) is 20.1 Å². The van der Waals surface area contributed by atoms with Crippen molar-refractivity contribution in [1.82, 2.24) is 0 Å². The highest BCUT2D eigenvalue weighted by Crippen LogP contribution is 2.39. The molecule has 0 heterocycles. The predicted octanol–water partition coefficient (Wildman–Crippen LogP) is 3.62. The summed E-state index contributed by atoms with van der Waals surface area (Å²) in [5.41, 5.74) is 0.783. The van der Waals surface area contributed by atoms with Crippen molar-refractivity contribution in [2.45, 2.75) is 76.1 Å². The number of rotatable bonds is 10. The van der Waals surface area contributed by atoms with Crippen molar-refractivity contribution in [3.63, 3.8) is 0 Å². The minimum atomic E-state index is -0.785. The highest BCUT2D eigenvalue weighted by Gasteiger charge is 2.40. The van der Waals surface area contributed by atoms with Crippen molar-refractivity contribution in [1.29, 1.82) is 0 Å². The normalized spacial score (nSPS) is 24.7. The van der Waals surface area contributed by atoms with Crippen LogP contribution in [0.25, 0.3) is 0 Å². The number of aliphatic hydroxyl groups is 3. The van der Waals surface area contributed by atoms with Gasteiger partial charge in [0.15, 0.2) is 0 Å². The smallest absolute Gasteiger partial charge is 0.303 e. The summed E-state index contributed by atoms with van der Waals surface area (Å²) in [4.78, 5) is 10.5. The van der Waals surface area contributed by atoms with Crippen LogP contribution in [-0.4, -0.2) is 44.7 Å². The van der Waals surface area contributed by atoms with Crippen molar-refractivity contribution in [3.8, 4) is 11.8 Å². The van der Waals surface area contributed by atoms with E-state index in [1.807, 2.05) is 0 Å². The van der Waals surface area contributed by atoms with Crippen molar-refractivity contribution in [2.24, 2.45) is 11.8 Å². The summed E-state index contributed by atoms with van der Waals surface area (Å²) in [5, 5.41) is 40.1. The highest BCUT2D eigenvalue weighted by atomic mass is 35.5. The molecule has 5 nitrogen and oxygen atoms in total. The van der Waals surface area contributed by atoms with E-state index >= 15 is 0 Å². The number of hydrogen-bond acceptors (Lipinski definition) is 4. The Labute approximate surface area is 177 Å². The first-order valence-electron chi connectivity index (χ1n) is 10.4. The second kappa shape index (κ2) is 12.2. The Balaban J connectivity index is 1.77. The molecular formula is C23H31ClO5. The first-order valence-corrected chi connectivity index (χ1v) is 10.8. The molecule has 1 fully saturated rings. The molecular weight excluding hydrogens is 392 g/mol. The van der Waals surface area contributed by atoms with Gasteiger partial charge in [0.2, 0.25) is 0 Å². The fourth-order valence-electron chi connectivity index (χ4n) is 4.11. The number of benzene rings is 1. The zero-order chi connectivity index (χ0) is 21.2. The molecule has 1 aliphatic carbocycles. The molecule has 5 atom stereocenters. The molecule has 0 bridgehead atoms. The van der Waals surface area contributed by atoms with Crippen molar-refractivity contribution in [2.75, 3.05) is 0 Å². The molecule has 1 aromatic rings. The Morgan fingerprint density at radius 1 is 1.03 bits per heavy atom. The molecule has 4 N–H and O–H groups in total. The van der Waals surface area contributed by atoms with Crippen LogP contribution in [-0.2, 0) is 4.79 Å². The monoisotopic (exact) mass is 422 g/mol. The number of aliphatic hydroxyl groups excluding tert-OH is 3. The van der Waals surface area contributed by atoms with Crippen LogP contribution in [0, 0.1) is 23.7 Å². The summed E-state index contributed by atoms with van der Waals surface area (Å²) in [7, 11) is 0. The number of carboxylic acid groups (broad SMARTS) is 1. The topological polar surface area (TPSA) is 98.0 Å². The van der Waals surface area contributed by atoms with Gasteiger partial charge in [-0.15, -0.1) is 0 Å². The molecule has 1 aliphatic rings. The van der Waals surface area contributed by atoms with E-state index in [1.165, 1.54) is 0 Å². The maximum Gasteiger partial charge on any atom is 0.303 e. The SMILES string of the molecule is O=C(O)CCCCCCC1C(O)CC(O)C1CCC(O)C#Cc1ccc(Cl)cc1. The van der Waals surface area contributed by atoms with Gasteiger partial charge in [-0.1, -0.05) is 42.7 Å². The minimum Gasteiger partial charge on any atom is -0.481 e. The van der Waals surface area contributed by atoms with Crippen molar-refractivity contribution >= 4 is 17.6 Å². The van der Waals surface area contributed by atoms with Gasteiger partial charge in [0, 0.05) is 17.0 Å². The van der Waals surface area contributed by atoms with Gasteiger partial charge in [-0.3, -0.25) is 4.79 Å². The summed E-state index contributed by atoms with van der Waals surface area (Å²) in [6.07, 6.45) is 3.94. The summed E-state index contributed by atoms with van der Waals surface area (Å²) >= 11 is 5.84. The zero-order valence-electron chi connectivity index (χ0n) is 16.6. The quantitative estimate of drug-likeness (QED) is 0.341. The fourth-order valence-corrected chi connectivity index (χ4v) is 4.24. The van der Waals surface area contributed by atoms with Gasteiger partial charge < -0.3 is 20.4 Å². The van der Waals surface area contributed by atoms with E-state index in [1.54, 1.807) is 24.3 Å². The van der Waals surface area contributed by atoms with Crippen LogP contribution in [0.2, 0.25) is 5.02 Å². The molecule has 0 radical (unpaired) electrons. The van der Waals surface area contributed by atoms with E-state index in [2.05, 4.69) is 11.8 Å². The summed E-state index contributed by atoms with van der Waals surface area (Å²) < 4.78 is 0. The second-order valence-corrected chi connectivity index (χ2v) is 8.35. The first kappa shape index (κ1) is 23.7. The summed E-state index contributed by atoms with van der Waals surface area (Å²) in [5.74, 6) is 4.96. The number of carboxylic acids is 1. The molecule has 0 spiro atoms. The maximum atomic E-state index is 10.5. The minimum absolute atomic E-state index is 0.0147. The Morgan fingerprint density at radius 2 is 1.66 bits per heavy atom. The molecule has 160 valence electrons. The standard InChI is InChI=1S/C23H31ClO5/c24-17-10-7-16(8-11-17)9-12-18(25)13-14-20-19(21(26)15-22(20)27)5-3-1-2-4-6-23(28)29/h7-8,10-11,18-22,25-27H,1-6,13-15H2,(H,28,29). The average molecular weight is 423 g/mol. The number of aliphatic carboxylic acids is 1. The Kier molecular flexibility index (Phi) is 9.96. The largest absolute Gasteiger partial charge is 0.481 e. The lowest BCUT2D eigenvalue weighted by Gasteiger charge is -2.24. The molecule has 29 heavy (non-hydrogen) atoms. The first-order chi connectivity index (χ1) is 13.9. The van der Waals surface area contributed by atoms with Crippen LogP contribution in [0.4, 0.5) is 0 Å². The third-order valence-electron chi connectivity index (χ3n) is 5.70. The van der Waals surface area contributed by atoms with Crippen LogP contribution in [0.3, 0.4) is 0 Å². The Hall–Kier alpha value is -1.58. The molecule has 0 saturated heterocycles. The van der Waals surface area contributed by atoms with E-state index in [0.29, 0.717) is 30.7 Å². The van der Waals surface area contributed by atoms with Gasteiger partial charge in [0.05, 0.1) is 12.2 Å². The summed E-state index contributed by atoms with van der Waals surface area (Å²) in [6, 6.07) is 7.10. The highest BCUT2D eigenvalue weighted by molar-refractivity contribution is 6.30. The predicted molar refractivity (Wildman–Crippen MR) is 113 cm³/mol. The van der Waals surface area contributed by atoms with Crippen LogP contribution in [0.15, 0.2) is 24.3 Å². The molecule has 1 aromatic carbocycles. The van der Waals surface area contributed by atoms with Crippen molar-refractivity contribution < 1.29 is 25.2 Å². The van der Waals surface area contributed by atoms with E-state index in [4.69, 9.17) is 16.7 Å². The van der Waals surface area contributed by atoms with Gasteiger partial charge in [-0.2, -0.15) is 0 Å². The third kappa shape index (κ3) is 8.36. The number of halogens is 1. The van der Waals surface area contributed by atoms with Crippen LogP contribution >= 0.6 is 11.6 Å². The van der Waals surface area contributed by atoms with Gasteiger partial charge in [-0.25, -0.2) is 0 Å². The van der Waals surface area contributed by atoms with Crippen molar-refractivity contribution in [3.05, 3.63) is 34.9 Å². The van der Waals surface area contributed by atoms with Gasteiger partial charge in [-0.05, 0) is 68.2 Å². The average Bonchev–Trinajstić information content (AvgIpc) is 2.94. The lowest BCUT2D eigenvalue weighted by molar-refractivity contribution is -0.137. The maximum absolute atomic E-state index is 10.5. The Morgan fingerprint density at radius 3 is 2.31 bits per heavy atom. The molecule has 0 aromatic heterocycles. The second-order valence-electron chi connectivity index (χ2n) is 7.91. The molecule has 1 saturated carbocycles. The van der Waals surface area contributed by atoms with Crippen LogP contribution < -0.4 is 0 Å². The number of hydrogen-bond donors (Lipinski definition) is 4. The Bertz CT molecular complexity index is 693. The van der Waals surface area contributed by atoms with Crippen LogP contribution in [0.1, 0.15) is 63.4 Å². The molecule has 2 rings (SSSR count). The third-order valence-corrected chi connectivity index (χ3v) is 5.95. The van der Waals surface area contributed by atoms with Gasteiger partial charge in [0.25, 0.3) is 0 Å². The molecule has 0 amide bonds. The number of carbonyl (C=O) groups is 1. The molecule has 6 heteroatoms. The molecule has 5 unspecified atom stereocenters. The zero-order valence-corrected chi connectivity index (χ0v) is 17.4. The lowest BCUT2D eigenvalue weighted by Crippen LogP contribution is -2.23. The lowest BCUT2D eigenvalue weighted by atomic mass is 9.85. The van der Waals surface area contributed by atoms with Gasteiger partial charge >= 0.3 is 5.97 Å². The summed E-state index contributed by atoms with van der Waals surface area (Å²) in [6.45, 7) is 0. The van der Waals surface area contributed by atoms with E-state index in [-0.39, 0.29) is 18.3 Å². The molecule has 0 aliphatic heterocycles. The van der Waals surface area contributed by atoms with Crippen LogP contribution in [0.5, 0.6) is 0 Å².